The van der Waals surface area contributed by atoms with Crippen molar-refractivity contribution in [2.24, 2.45) is 0 Å². The number of furan rings is 1. The number of aryl methyl sites for hydroxylation is 1. The van der Waals surface area contributed by atoms with E-state index in [1.54, 1.807) is 29.0 Å². The molecular formula is C18H14N4O2S. The molecule has 25 heavy (non-hydrogen) atoms. The van der Waals surface area contributed by atoms with Gasteiger partial charge in [0.15, 0.2) is 0 Å². The molecule has 0 spiro atoms. The lowest BCUT2D eigenvalue weighted by molar-refractivity contribution is -0.111. The number of benzene rings is 1. The van der Waals surface area contributed by atoms with Gasteiger partial charge in [-0.05, 0) is 25.1 Å². The number of rotatable bonds is 4. The van der Waals surface area contributed by atoms with Gasteiger partial charge in [0, 0.05) is 17.0 Å². The zero-order valence-corrected chi connectivity index (χ0v) is 14.2. The molecule has 7 heteroatoms. The van der Waals surface area contributed by atoms with Gasteiger partial charge in [0.25, 0.3) is 11.9 Å². The van der Waals surface area contributed by atoms with Gasteiger partial charge < -0.3 is 4.42 Å². The third kappa shape index (κ3) is 3.22. The molecule has 0 saturated carbocycles. The van der Waals surface area contributed by atoms with Crippen LogP contribution < -0.4 is 5.32 Å². The van der Waals surface area contributed by atoms with E-state index in [1.807, 2.05) is 24.4 Å². The maximum atomic E-state index is 12.0. The molecule has 1 amide bonds. The van der Waals surface area contributed by atoms with Crippen molar-refractivity contribution in [2.75, 3.05) is 5.32 Å². The van der Waals surface area contributed by atoms with Crippen molar-refractivity contribution in [1.82, 2.24) is 14.6 Å². The summed E-state index contributed by atoms with van der Waals surface area (Å²) in [6.45, 7) is 2.05. The topological polar surface area (TPSA) is 72.4 Å². The minimum atomic E-state index is -0.313. The molecule has 4 rings (SSSR count). The summed E-state index contributed by atoms with van der Waals surface area (Å²) >= 11 is 1.48. The van der Waals surface area contributed by atoms with E-state index in [0.717, 1.165) is 16.2 Å². The lowest BCUT2D eigenvalue weighted by Crippen LogP contribution is -2.09. The summed E-state index contributed by atoms with van der Waals surface area (Å²) in [6, 6.07) is 11.7. The van der Waals surface area contributed by atoms with Gasteiger partial charge in [0.05, 0.1) is 12.0 Å². The molecule has 4 aromatic rings. The Morgan fingerprint density at radius 2 is 2.12 bits per heavy atom. The zero-order valence-electron chi connectivity index (χ0n) is 13.3. The molecule has 0 fully saturated rings. The fraction of sp³-hybridized carbons (Fsp3) is 0.0556. The molecule has 0 saturated heterocycles. The van der Waals surface area contributed by atoms with Gasteiger partial charge >= 0.3 is 0 Å². The zero-order chi connectivity index (χ0) is 17.2. The molecule has 0 radical (unpaired) electrons. The minimum Gasteiger partial charge on any atom is -0.465 e. The number of hydrogen-bond acceptors (Lipinski definition) is 5. The van der Waals surface area contributed by atoms with Crippen LogP contribution in [0.2, 0.25) is 0 Å². The number of carbonyl (C=O) groups is 1. The molecule has 6 nitrogen and oxygen atoms in total. The van der Waals surface area contributed by atoms with Gasteiger partial charge in [-0.25, -0.2) is 4.52 Å². The number of aromatic nitrogens is 3. The summed E-state index contributed by atoms with van der Waals surface area (Å²) in [7, 11) is 0. The Hall–Kier alpha value is -3.19. The molecule has 0 atom stereocenters. The van der Waals surface area contributed by atoms with Gasteiger partial charge in [-0.15, -0.1) is 16.4 Å². The average Bonchev–Trinajstić information content (AvgIpc) is 3.31. The van der Waals surface area contributed by atoms with Crippen LogP contribution in [0.15, 0.2) is 58.5 Å². The highest BCUT2D eigenvalue weighted by Gasteiger charge is 2.12. The predicted molar refractivity (Wildman–Crippen MR) is 97.4 cm³/mol. The Morgan fingerprint density at radius 1 is 1.28 bits per heavy atom. The molecule has 124 valence electrons. The van der Waals surface area contributed by atoms with Crippen LogP contribution in [0, 0.1) is 6.92 Å². The Morgan fingerprint density at radius 3 is 2.88 bits per heavy atom. The normalized spacial score (nSPS) is 11.4. The summed E-state index contributed by atoms with van der Waals surface area (Å²) in [6.07, 6.45) is 4.52. The number of amides is 1. The van der Waals surface area contributed by atoms with E-state index in [-0.39, 0.29) is 11.9 Å². The predicted octanol–water partition coefficient (Wildman–Crippen LogP) is 4.01. The van der Waals surface area contributed by atoms with Crippen LogP contribution in [0.5, 0.6) is 0 Å². The molecular weight excluding hydrogens is 336 g/mol. The molecule has 1 N–H and O–H groups in total. The van der Waals surface area contributed by atoms with E-state index in [0.29, 0.717) is 5.76 Å². The molecule has 0 aliphatic heterocycles. The smallest absolute Gasteiger partial charge is 0.250 e. The SMILES string of the molecule is Cc1ccc(-c2csc3nc(NC(=O)/C=C/c4ccco4)nn23)cc1. The van der Waals surface area contributed by atoms with Crippen LogP contribution in [0.1, 0.15) is 11.3 Å². The fourth-order valence-electron chi connectivity index (χ4n) is 2.35. The number of anilines is 1. The number of hydrogen-bond donors (Lipinski definition) is 1. The van der Waals surface area contributed by atoms with Crippen LogP contribution in [0.4, 0.5) is 5.95 Å². The van der Waals surface area contributed by atoms with E-state index in [2.05, 4.69) is 27.5 Å². The first-order chi connectivity index (χ1) is 12.2. The van der Waals surface area contributed by atoms with Gasteiger partial charge in [0.1, 0.15) is 5.76 Å². The third-order valence-electron chi connectivity index (χ3n) is 3.61. The van der Waals surface area contributed by atoms with E-state index < -0.39 is 0 Å². The number of nitrogens with zero attached hydrogens (tertiary/aromatic N) is 3. The van der Waals surface area contributed by atoms with Crippen molar-refractivity contribution < 1.29 is 9.21 Å². The minimum absolute atomic E-state index is 0.273. The van der Waals surface area contributed by atoms with Crippen LogP contribution in [0.25, 0.3) is 22.3 Å². The first kappa shape index (κ1) is 15.3. The summed E-state index contributed by atoms with van der Waals surface area (Å²) in [5.41, 5.74) is 3.20. The standard InChI is InChI=1S/C18H14N4O2S/c1-12-4-6-13(7-5-12)15-11-25-18-20-17(21-22(15)18)19-16(23)9-8-14-3-2-10-24-14/h2-11H,1H3,(H,19,21,23)/b9-8+. The van der Waals surface area contributed by atoms with Crippen molar-refractivity contribution >= 4 is 34.2 Å². The Labute approximate surface area is 147 Å². The van der Waals surface area contributed by atoms with Gasteiger partial charge in [0.2, 0.25) is 4.96 Å². The monoisotopic (exact) mass is 350 g/mol. The van der Waals surface area contributed by atoms with Gasteiger partial charge in [-0.2, -0.15) is 4.98 Å². The average molecular weight is 350 g/mol. The second-order valence-electron chi connectivity index (χ2n) is 5.45. The first-order valence-electron chi connectivity index (χ1n) is 7.63. The summed E-state index contributed by atoms with van der Waals surface area (Å²) in [4.78, 5) is 17.0. The summed E-state index contributed by atoms with van der Waals surface area (Å²) in [5.74, 6) is 0.566. The second-order valence-corrected chi connectivity index (χ2v) is 6.29. The highest BCUT2D eigenvalue weighted by Crippen LogP contribution is 2.26. The Balaban J connectivity index is 1.55. The maximum absolute atomic E-state index is 12.0. The van der Waals surface area contributed by atoms with Crippen molar-refractivity contribution in [2.45, 2.75) is 6.92 Å². The van der Waals surface area contributed by atoms with Crippen LogP contribution in [-0.4, -0.2) is 20.5 Å². The molecule has 0 aliphatic rings. The number of nitrogens with one attached hydrogen (secondary N) is 1. The first-order valence-corrected chi connectivity index (χ1v) is 8.51. The van der Waals surface area contributed by atoms with Crippen LogP contribution in [-0.2, 0) is 4.79 Å². The maximum Gasteiger partial charge on any atom is 0.250 e. The van der Waals surface area contributed by atoms with Crippen molar-refractivity contribution in [1.29, 1.82) is 0 Å². The molecule has 0 aliphatic carbocycles. The second kappa shape index (κ2) is 6.37. The van der Waals surface area contributed by atoms with E-state index in [4.69, 9.17) is 4.42 Å². The molecule has 0 bridgehead atoms. The lowest BCUT2D eigenvalue weighted by Gasteiger charge is -1.99. The third-order valence-corrected chi connectivity index (χ3v) is 4.42. The number of fused-ring (bicyclic) bond motifs is 1. The van der Waals surface area contributed by atoms with Crippen LogP contribution >= 0.6 is 11.3 Å². The van der Waals surface area contributed by atoms with Crippen molar-refractivity contribution in [3.05, 3.63) is 65.4 Å². The van der Waals surface area contributed by atoms with E-state index >= 15 is 0 Å². The lowest BCUT2D eigenvalue weighted by atomic mass is 10.1. The molecule has 3 heterocycles. The highest BCUT2D eigenvalue weighted by molar-refractivity contribution is 7.15. The summed E-state index contributed by atoms with van der Waals surface area (Å²) in [5, 5.41) is 9.05. The van der Waals surface area contributed by atoms with Crippen molar-refractivity contribution in [3.63, 3.8) is 0 Å². The van der Waals surface area contributed by atoms with Crippen LogP contribution in [0.3, 0.4) is 0 Å². The van der Waals surface area contributed by atoms with Gasteiger partial charge in [-0.3, -0.25) is 10.1 Å². The quantitative estimate of drug-likeness (QED) is 0.565. The molecule has 0 unspecified atom stereocenters. The van der Waals surface area contributed by atoms with Crippen molar-refractivity contribution in [3.8, 4) is 11.3 Å². The highest BCUT2D eigenvalue weighted by atomic mass is 32.1. The van der Waals surface area contributed by atoms with E-state index in [1.165, 1.54) is 23.0 Å². The fourth-order valence-corrected chi connectivity index (χ4v) is 3.18. The number of thiazole rings is 1. The summed E-state index contributed by atoms with van der Waals surface area (Å²) < 4.78 is 6.88. The number of carbonyl (C=O) groups excluding carboxylic acids is 1. The molecule has 1 aromatic carbocycles. The Bertz CT molecular complexity index is 1040. The molecule has 3 aromatic heterocycles. The largest absolute Gasteiger partial charge is 0.465 e. The van der Waals surface area contributed by atoms with E-state index in [9.17, 15) is 4.79 Å². The van der Waals surface area contributed by atoms with Gasteiger partial charge in [-0.1, -0.05) is 29.8 Å². The Kier molecular flexibility index (Phi) is 3.91.